The van der Waals surface area contributed by atoms with Crippen molar-refractivity contribution in [2.75, 3.05) is 19.6 Å². The number of carbonyl (C=O) groups excluding carboxylic acids is 1. The first kappa shape index (κ1) is 16.1. The molecule has 2 aliphatic rings. The molecule has 1 aromatic carbocycles. The molecule has 2 aliphatic heterocycles. The Kier molecular flexibility index (Phi) is 5.48. The molecule has 0 aliphatic carbocycles. The number of hydrogen-bond donors (Lipinski definition) is 1. The van der Waals surface area contributed by atoms with Crippen LogP contribution in [0.1, 0.15) is 31.2 Å². The van der Waals surface area contributed by atoms with E-state index in [0.29, 0.717) is 6.61 Å². The third-order valence-electron chi connectivity index (χ3n) is 4.47. The van der Waals surface area contributed by atoms with Crippen LogP contribution in [0.4, 0.5) is 4.79 Å². The van der Waals surface area contributed by atoms with Crippen molar-refractivity contribution in [1.82, 2.24) is 10.2 Å². The van der Waals surface area contributed by atoms with Gasteiger partial charge in [-0.15, -0.1) is 12.4 Å². The number of benzene rings is 1. The van der Waals surface area contributed by atoms with Crippen LogP contribution in [0.5, 0.6) is 0 Å². The number of piperidine rings is 1. The smallest absolute Gasteiger partial charge is 0.410 e. The second-order valence-electron chi connectivity index (χ2n) is 5.80. The first-order valence-electron chi connectivity index (χ1n) is 7.49. The van der Waals surface area contributed by atoms with E-state index in [1.54, 1.807) is 0 Å². The number of halogens is 1. The average molecular weight is 311 g/mol. The molecular weight excluding hydrogens is 288 g/mol. The molecule has 116 valence electrons. The lowest BCUT2D eigenvalue weighted by Gasteiger charge is -2.41. The van der Waals surface area contributed by atoms with E-state index in [4.69, 9.17) is 4.74 Å². The van der Waals surface area contributed by atoms with Crippen molar-refractivity contribution >= 4 is 18.5 Å². The number of nitrogens with zero attached hydrogens (tertiary/aromatic N) is 1. The minimum absolute atomic E-state index is 0. The van der Waals surface area contributed by atoms with Gasteiger partial charge in [-0.2, -0.15) is 0 Å². The summed E-state index contributed by atoms with van der Waals surface area (Å²) in [6.07, 6.45) is 4.26. The van der Waals surface area contributed by atoms with E-state index < -0.39 is 0 Å². The summed E-state index contributed by atoms with van der Waals surface area (Å²) in [5.74, 6) is 0. The lowest BCUT2D eigenvalue weighted by atomic mass is 9.88. The van der Waals surface area contributed by atoms with Crippen LogP contribution in [-0.2, 0) is 11.3 Å². The molecule has 0 aromatic heterocycles. The quantitative estimate of drug-likeness (QED) is 0.913. The summed E-state index contributed by atoms with van der Waals surface area (Å²) < 4.78 is 5.50. The van der Waals surface area contributed by atoms with Gasteiger partial charge in [-0.25, -0.2) is 4.79 Å². The predicted octanol–water partition coefficient (Wildman–Crippen LogP) is 2.96. The van der Waals surface area contributed by atoms with Gasteiger partial charge in [0.2, 0.25) is 0 Å². The molecule has 1 aromatic rings. The van der Waals surface area contributed by atoms with Crippen molar-refractivity contribution in [2.45, 2.75) is 37.8 Å². The maximum Gasteiger partial charge on any atom is 0.410 e. The Bertz CT molecular complexity index is 461. The van der Waals surface area contributed by atoms with Gasteiger partial charge >= 0.3 is 6.09 Å². The van der Waals surface area contributed by atoms with Crippen molar-refractivity contribution < 1.29 is 9.53 Å². The molecule has 3 rings (SSSR count). The van der Waals surface area contributed by atoms with Crippen molar-refractivity contribution in [3.05, 3.63) is 35.9 Å². The molecule has 0 unspecified atom stereocenters. The van der Waals surface area contributed by atoms with Gasteiger partial charge in [0.15, 0.2) is 0 Å². The number of nitrogens with one attached hydrogen (secondary N) is 1. The fourth-order valence-corrected chi connectivity index (χ4v) is 3.42. The van der Waals surface area contributed by atoms with E-state index >= 15 is 0 Å². The highest BCUT2D eigenvalue weighted by atomic mass is 35.5. The minimum atomic E-state index is -0.157. The number of likely N-dealkylation sites (tertiary alicyclic amines) is 1. The Morgan fingerprint density at radius 2 is 2.00 bits per heavy atom. The van der Waals surface area contributed by atoms with Gasteiger partial charge in [0.05, 0.1) is 5.54 Å². The van der Waals surface area contributed by atoms with Crippen LogP contribution in [0.3, 0.4) is 0 Å². The lowest BCUT2D eigenvalue weighted by molar-refractivity contribution is 0.0547. The monoisotopic (exact) mass is 310 g/mol. The van der Waals surface area contributed by atoms with Crippen molar-refractivity contribution in [3.63, 3.8) is 0 Å². The SMILES string of the molecule is Cl.O=C(OCc1ccccc1)N1CCC[C@]12CCCNC2. The van der Waals surface area contributed by atoms with Gasteiger partial charge in [-0.05, 0) is 37.8 Å². The molecule has 2 fully saturated rings. The van der Waals surface area contributed by atoms with Gasteiger partial charge in [-0.3, -0.25) is 0 Å². The summed E-state index contributed by atoms with van der Waals surface area (Å²) in [6.45, 7) is 3.16. The molecule has 21 heavy (non-hydrogen) atoms. The molecule has 1 N–H and O–H groups in total. The Morgan fingerprint density at radius 3 is 2.71 bits per heavy atom. The summed E-state index contributed by atoms with van der Waals surface area (Å²) in [4.78, 5) is 14.3. The van der Waals surface area contributed by atoms with Crippen LogP contribution < -0.4 is 5.32 Å². The third-order valence-corrected chi connectivity index (χ3v) is 4.47. The Labute approximate surface area is 132 Å². The molecule has 4 nitrogen and oxygen atoms in total. The van der Waals surface area contributed by atoms with Crippen molar-refractivity contribution in [1.29, 1.82) is 0 Å². The molecule has 1 spiro atoms. The Hall–Kier alpha value is -1.26. The van der Waals surface area contributed by atoms with Crippen LogP contribution in [0.25, 0.3) is 0 Å². The molecule has 1 amide bonds. The zero-order valence-electron chi connectivity index (χ0n) is 12.2. The molecule has 0 saturated carbocycles. The molecule has 0 radical (unpaired) electrons. The second-order valence-corrected chi connectivity index (χ2v) is 5.80. The molecule has 1 atom stereocenters. The normalized spacial score (nSPS) is 24.7. The van der Waals surface area contributed by atoms with E-state index in [0.717, 1.165) is 50.9 Å². The largest absolute Gasteiger partial charge is 0.445 e. The highest BCUT2D eigenvalue weighted by Gasteiger charge is 2.44. The molecule has 5 heteroatoms. The minimum Gasteiger partial charge on any atom is -0.445 e. The maximum atomic E-state index is 12.4. The maximum absolute atomic E-state index is 12.4. The van der Waals surface area contributed by atoms with Gasteiger partial charge in [0, 0.05) is 13.1 Å². The summed E-state index contributed by atoms with van der Waals surface area (Å²) in [5.41, 5.74) is 1.04. The first-order valence-corrected chi connectivity index (χ1v) is 7.49. The summed E-state index contributed by atoms with van der Waals surface area (Å²) in [5, 5.41) is 3.43. The highest BCUT2D eigenvalue weighted by Crippen LogP contribution is 2.35. The zero-order chi connectivity index (χ0) is 13.8. The lowest BCUT2D eigenvalue weighted by Crippen LogP contribution is -2.56. The first-order chi connectivity index (χ1) is 9.80. The molecular formula is C16H23ClN2O2. The van der Waals surface area contributed by atoms with Crippen molar-refractivity contribution in [2.24, 2.45) is 0 Å². The van der Waals surface area contributed by atoms with Crippen LogP contribution in [0, 0.1) is 0 Å². The number of carbonyl (C=O) groups is 1. The second kappa shape index (κ2) is 7.14. The van der Waals surface area contributed by atoms with Crippen LogP contribution in [0.2, 0.25) is 0 Å². The number of hydrogen-bond acceptors (Lipinski definition) is 3. The topological polar surface area (TPSA) is 41.6 Å². The van der Waals surface area contributed by atoms with Gasteiger partial charge in [0.25, 0.3) is 0 Å². The van der Waals surface area contributed by atoms with E-state index in [1.165, 1.54) is 0 Å². The molecule has 2 saturated heterocycles. The predicted molar refractivity (Wildman–Crippen MR) is 84.6 cm³/mol. The Balaban J connectivity index is 0.00000161. The van der Waals surface area contributed by atoms with Crippen LogP contribution >= 0.6 is 12.4 Å². The summed E-state index contributed by atoms with van der Waals surface area (Å²) in [7, 11) is 0. The van der Waals surface area contributed by atoms with Crippen LogP contribution in [0.15, 0.2) is 30.3 Å². The van der Waals surface area contributed by atoms with E-state index in [2.05, 4.69) is 5.32 Å². The number of rotatable bonds is 2. The molecule has 0 bridgehead atoms. The van der Waals surface area contributed by atoms with E-state index in [9.17, 15) is 4.79 Å². The fourth-order valence-electron chi connectivity index (χ4n) is 3.42. The molecule has 2 heterocycles. The Morgan fingerprint density at radius 1 is 1.24 bits per heavy atom. The third kappa shape index (κ3) is 3.50. The highest BCUT2D eigenvalue weighted by molar-refractivity contribution is 5.85. The average Bonchev–Trinajstić information content (AvgIpc) is 2.90. The summed E-state index contributed by atoms with van der Waals surface area (Å²) in [6, 6.07) is 9.86. The number of ether oxygens (including phenoxy) is 1. The zero-order valence-corrected chi connectivity index (χ0v) is 13.0. The van der Waals surface area contributed by atoms with E-state index in [1.807, 2.05) is 35.2 Å². The standard InChI is InChI=1S/C16H22N2O2.ClH/c19-15(20-12-14-6-2-1-3-7-14)18-11-5-9-16(18)8-4-10-17-13-16;/h1-3,6-7,17H,4-5,8-13H2;1H/t16-;/m0./s1. The van der Waals surface area contributed by atoms with Gasteiger partial charge in [-0.1, -0.05) is 30.3 Å². The number of amides is 1. The van der Waals surface area contributed by atoms with Crippen LogP contribution in [-0.4, -0.2) is 36.2 Å². The fraction of sp³-hybridized carbons (Fsp3) is 0.562. The van der Waals surface area contributed by atoms with E-state index in [-0.39, 0.29) is 24.0 Å². The van der Waals surface area contributed by atoms with Crippen molar-refractivity contribution in [3.8, 4) is 0 Å². The van der Waals surface area contributed by atoms with Gasteiger partial charge in [0.1, 0.15) is 6.61 Å². The van der Waals surface area contributed by atoms with Gasteiger partial charge < -0.3 is 15.0 Å². The summed E-state index contributed by atoms with van der Waals surface area (Å²) >= 11 is 0.